The van der Waals surface area contributed by atoms with Crippen molar-refractivity contribution in [2.45, 2.75) is 13.5 Å². The minimum atomic E-state index is 0.719. The van der Waals surface area contributed by atoms with Crippen LogP contribution < -0.4 is 16.0 Å². The summed E-state index contributed by atoms with van der Waals surface area (Å²) >= 11 is 0. The predicted octanol–water partition coefficient (Wildman–Crippen LogP) is 0.180. The quantitative estimate of drug-likeness (QED) is 0.668. The van der Waals surface area contributed by atoms with Crippen LogP contribution in [0.2, 0.25) is 0 Å². The van der Waals surface area contributed by atoms with Gasteiger partial charge in [0.05, 0.1) is 5.56 Å². The number of quaternary nitrogens is 1. The van der Waals surface area contributed by atoms with Crippen LogP contribution in [0.5, 0.6) is 0 Å². The molecule has 1 heterocycles. The maximum atomic E-state index is 5.58. The van der Waals surface area contributed by atoms with Crippen LogP contribution in [0.1, 0.15) is 12.5 Å². The van der Waals surface area contributed by atoms with Crippen LogP contribution in [-0.2, 0) is 6.54 Å². The smallest absolute Gasteiger partial charge is 0.138 e. The van der Waals surface area contributed by atoms with Crippen LogP contribution in [0, 0.1) is 0 Å². The topological polar surface area (TPSA) is 45.9 Å². The van der Waals surface area contributed by atoms with Crippen molar-refractivity contribution < 1.29 is 5.32 Å². The van der Waals surface area contributed by atoms with Crippen molar-refractivity contribution in [3.05, 3.63) is 23.8 Å². The van der Waals surface area contributed by atoms with Crippen LogP contribution in [0.15, 0.2) is 18.2 Å². The molecule has 1 aromatic rings. The molecule has 4 N–H and O–H groups in total. The van der Waals surface area contributed by atoms with Gasteiger partial charge in [0.25, 0.3) is 0 Å². The molecule has 0 aromatic heterocycles. The predicted molar refractivity (Wildman–Crippen MR) is 58.7 cm³/mol. The van der Waals surface area contributed by atoms with Crippen molar-refractivity contribution in [2.75, 3.05) is 24.5 Å². The van der Waals surface area contributed by atoms with Crippen LogP contribution >= 0.6 is 0 Å². The second-order valence-corrected chi connectivity index (χ2v) is 3.66. The highest BCUT2D eigenvalue weighted by Gasteiger charge is 2.18. The summed E-state index contributed by atoms with van der Waals surface area (Å²) in [4.78, 5) is 2.32. The summed E-state index contributed by atoms with van der Waals surface area (Å²) in [5.41, 5.74) is 9.76. The maximum absolute atomic E-state index is 5.58. The normalized spacial score (nSPS) is 13.3. The Balaban J connectivity index is 2.17. The Bertz CT molecular complexity index is 322. The first kappa shape index (κ1) is 9.49. The lowest BCUT2D eigenvalue weighted by molar-refractivity contribution is -0.616. The molecule has 76 valence electrons. The molecule has 0 amide bonds. The number of anilines is 1. The third kappa shape index (κ3) is 1.61. The average molecular weight is 192 g/mol. The minimum Gasteiger partial charge on any atom is -0.371 e. The van der Waals surface area contributed by atoms with Crippen molar-refractivity contribution in [3.8, 4) is 0 Å². The van der Waals surface area contributed by atoms with Gasteiger partial charge < -0.3 is 16.0 Å². The molecule has 0 aliphatic carbocycles. The molecule has 1 aliphatic heterocycles. The van der Waals surface area contributed by atoms with E-state index in [-0.39, 0.29) is 0 Å². The third-order valence-electron chi connectivity index (χ3n) is 2.81. The summed E-state index contributed by atoms with van der Waals surface area (Å²) in [6.07, 6.45) is 0. The lowest BCUT2D eigenvalue weighted by atomic mass is 10.1. The molecule has 0 unspecified atom stereocenters. The molecule has 1 aliphatic rings. The molecule has 0 radical (unpaired) electrons. The monoisotopic (exact) mass is 192 g/mol. The summed E-state index contributed by atoms with van der Waals surface area (Å²) in [6.45, 7) is 5.99. The molecule has 14 heavy (non-hydrogen) atoms. The summed E-state index contributed by atoms with van der Waals surface area (Å²) in [7, 11) is 0. The summed E-state index contributed by atoms with van der Waals surface area (Å²) in [5.74, 6) is 0. The third-order valence-corrected chi connectivity index (χ3v) is 2.81. The van der Waals surface area contributed by atoms with E-state index in [9.17, 15) is 0 Å². The molecule has 0 saturated heterocycles. The van der Waals surface area contributed by atoms with Crippen LogP contribution in [0.25, 0.3) is 0 Å². The fourth-order valence-electron chi connectivity index (χ4n) is 1.88. The number of fused-ring (bicyclic) bond motifs is 1. The van der Waals surface area contributed by atoms with Crippen molar-refractivity contribution >= 4 is 11.4 Å². The average Bonchev–Trinajstić information content (AvgIpc) is 2.17. The zero-order valence-electron chi connectivity index (χ0n) is 8.66. The Hall–Kier alpha value is -1.06. The molecular formula is C11H18N3+. The molecule has 2 rings (SSSR count). The van der Waals surface area contributed by atoms with E-state index in [0.717, 1.165) is 26.2 Å². The van der Waals surface area contributed by atoms with E-state index in [1.54, 1.807) is 0 Å². The van der Waals surface area contributed by atoms with Gasteiger partial charge in [-0.2, -0.15) is 0 Å². The molecule has 0 atom stereocenters. The zero-order valence-corrected chi connectivity index (χ0v) is 8.66. The van der Waals surface area contributed by atoms with E-state index in [2.05, 4.69) is 35.3 Å². The number of rotatable bonds is 4. The number of likely N-dealkylation sites (N-methyl/N-ethyl adjacent to an activating group) is 1. The van der Waals surface area contributed by atoms with Gasteiger partial charge in [-0.1, -0.05) is 0 Å². The van der Waals surface area contributed by atoms with E-state index >= 15 is 0 Å². The van der Waals surface area contributed by atoms with E-state index in [1.807, 2.05) is 0 Å². The number of nitrogens with zero attached hydrogens (tertiary/aromatic N) is 1. The standard InChI is InChI=1S/C11H17N3/c1-2-14(6-5-12)10-3-4-11-9(7-10)8-13-11/h3-4,7,13H,2,5-6,8,12H2,1H3/p+1. The van der Waals surface area contributed by atoms with Crippen LogP contribution in [0.4, 0.5) is 11.4 Å². The summed E-state index contributed by atoms with van der Waals surface area (Å²) in [5, 5.41) is 2.26. The lowest BCUT2D eigenvalue weighted by Crippen LogP contribution is -2.82. The fraction of sp³-hybridized carbons (Fsp3) is 0.455. The molecule has 3 nitrogen and oxygen atoms in total. The minimum absolute atomic E-state index is 0.719. The Kier molecular flexibility index (Phi) is 2.70. The fourth-order valence-corrected chi connectivity index (χ4v) is 1.88. The maximum Gasteiger partial charge on any atom is 0.138 e. The van der Waals surface area contributed by atoms with Gasteiger partial charge in [-0.25, -0.2) is 0 Å². The van der Waals surface area contributed by atoms with Gasteiger partial charge in [0.2, 0.25) is 0 Å². The number of benzene rings is 1. The van der Waals surface area contributed by atoms with Crippen molar-refractivity contribution in [1.29, 1.82) is 0 Å². The molecule has 1 aromatic carbocycles. The first-order valence-electron chi connectivity index (χ1n) is 5.26. The van der Waals surface area contributed by atoms with Gasteiger partial charge in [0.15, 0.2) is 0 Å². The number of hydrogen-bond acceptors (Lipinski definition) is 2. The molecule has 0 bridgehead atoms. The van der Waals surface area contributed by atoms with E-state index < -0.39 is 0 Å². The highest BCUT2D eigenvalue weighted by Crippen LogP contribution is 2.23. The second kappa shape index (κ2) is 3.98. The Morgan fingerprint density at radius 2 is 2.36 bits per heavy atom. The summed E-state index contributed by atoms with van der Waals surface area (Å²) < 4.78 is 0. The second-order valence-electron chi connectivity index (χ2n) is 3.66. The van der Waals surface area contributed by atoms with Crippen molar-refractivity contribution in [1.82, 2.24) is 0 Å². The number of nitrogens with two attached hydrogens (primary N) is 2. The van der Waals surface area contributed by atoms with Gasteiger partial charge >= 0.3 is 0 Å². The van der Waals surface area contributed by atoms with Crippen molar-refractivity contribution in [3.63, 3.8) is 0 Å². The van der Waals surface area contributed by atoms with Gasteiger partial charge in [-0.3, -0.25) is 0 Å². The summed E-state index contributed by atoms with van der Waals surface area (Å²) in [6, 6.07) is 6.68. The van der Waals surface area contributed by atoms with Gasteiger partial charge in [-0.15, -0.1) is 0 Å². The highest BCUT2D eigenvalue weighted by atomic mass is 15.1. The van der Waals surface area contributed by atoms with Gasteiger partial charge in [-0.05, 0) is 19.1 Å². The highest BCUT2D eigenvalue weighted by molar-refractivity contribution is 5.56. The SMILES string of the molecule is CCN(CCN)c1ccc2c(c1)C[NH2+]2. The van der Waals surface area contributed by atoms with E-state index in [1.165, 1.54) is 16.9 Å². The molecule has 0 spiro atoms. The molecular weight excluding hydrogens is 174 g/mol. The largest absolute Gasteiger partial charge is 0.371 e. The lowest BCUT2D eigenvalue weighted by Gasteiger charge is -2.25. The van der Waals surface area contributed by atoms with Crippen LogP contribution in [0.3, 0.4) is 0 Å². The first-order chi connectivity index (χ1) is 6.85. The van der Waals surface area contributed by atoms with Gasteiger partial charge in [0.1, 0.15) is 12.2 Å². The molecule has 0 saturated carbocycles. The van der Waals surface area contributed by atoms with Crippen LogP contribution in [-0.4, -0.2) is 19.6 Å². The Labute approximate surface area is 84.9 Å². The zero-order chi connectivity index (χ0) is 9.97. The van der Waals surface area contributed by atoms with Gasteiger partial charge in [0, 0.05) is 31.4 Å². The number of hydrogen-bond donors (Lipinski definition) is 2. The van der Waals surface area contributed by atoms with E-state index in [4.69, 9.17) is 5.73 Å². The van der Waals surface area contributed by atoms with E-state index in [0.29, 0.717) is 0 Å². The first-order valence-corrected chi connectivity index (χ1v) is 5.26. The molecule has 3 heteroatoms. The molecule has 0 fully saturated rings. The Morgan fingerprint density at radius 3 is 2.86 bits per heavy atom. The Morgan fingerprint density at radius 1 is 1.50 bits per heavy atom. The van der Waals surface area contributed by atoms with Crippen molar-refractivity contribution in [2.24, 2.45) is 5.73 Å².